The van der Waals surface area contributed by atoms with Crippen molar-refractivity contribution in [3.63, 3.8) is 0 Å². The maximum Gasteiger partial charge on any atom is 0.180 e. The third kappa shape index (κ3) is 2.49. The van der Waals surface area contributed by atoms with Gasteiger partial charge in [0.15, 0.2) is 5.78 Å². The van der Waals surface area contributed by atoms with Crippen molar-refractivity contribution >= 4 is 28.5 Å². The number of Topliss-reactive ketones (excluding diaryl/α,β-unsaturated/α-hetero) is 1. The average molecular weight is 238 g/mol. The largest absolute Gasteiger partial charge is 0.293 e. The van der Waals surface area contributed by atoms with E-state index in [1.165, 1.54) is 11.3 Å². The third-order valence-corrected chi connectivity index (χ3v) is 3.68. The molecule has 2 aromatic heterocycles. The average Bonchev–Trinajstić information content (AvgIpc) is 2.75. The van der Waals surface area contributed by atoms with Gasteiger partial charge >= 0.3 is 0 Å². The van der Waals surface area contributed by atoms with Crippen LogP contribution in [-0.2, 0) is 6.42 Å². The molecule has 3 nitrogen and oxygen atoms in total. The molecule has 0 spiro atoms. The molecular formula is C10H10N2OS2. The van der Waals surface area contributed by atoms with E-state index in [0.717, 1.165) is 20.6 Å². The Balaban J connectivity index is 2.10. The number of hydrogen-bond donors (Lipinski definition) is 0. The third-order valence-electron chi connectivity index (χ3n) is 1.90. The lowest BCUT2D eigenvalue weighted by molar-refractivity contribution is 0.0996. The van der Waals surface area contributed by atoms with Crippen LogP contribution in [0.4, 0.5) is 0 Å². The molecule has 0 amide bonds. The minimum Gasteiger partial charge on any atom is -0.293 e. The summed E-state index contributed by atoms with van der Waals surface area (Å²) in [4.78, 5) is 20.8. The number of aryl methyl sites for hydroxylation is 2. The highest BCUT2D eigenvalue weighted by molar-refractivity contribution is 7.13. The standard InChI is InChI=1S/C10H10N2OS2/c1-6-11-4-10(15-6)9(13)3-8-5-14-7(2)12-8/h4-5H,3H2,1-2H3. The maximum atomic E-state index is 11.8. The zero-order valence-electron chi connectivity index (χ0n) is 8.48. The molecule has 0 aromatic carbocycles. The summed E-state index contributed by atoms with van der Waals surface area (Å²) < 4.78 is 0. The second-order valence-electron chi connectivity index (χ2n) is 3.20. The summed E-state index contributed by atoms with van der Waals surface area (Å²) in [6.45, 7) is 3.84. The van der Waals surface area contributed by atoms with Gasteiger partial charge in [0, 0.05) is 11.6 Å². The minimum absolute atomic E-state index is 0.103. The van der Waals surface area contributed by atoms with Crippen LogP contribution < -0.4 is 0 Å². The van der Waals surface area contributed by atoms with Crippen molar-refractivity contribution in [2.45, 2.75) is 20.3 Å². The first-order valence-electron chi connectivity index (χ1n) is 4.52. The van der Waals surface area contributed by atoms with Crippen molar-refractivity contribution in [3.05, 3.63) is 32.2 Å². The first-order valence-corrected chi connectivity index (χ1v) is 6.21. The number of ketones is 1. The maximum absolute atomic E-state index is 11.8. The summed E-state index contributed by atoms with van der Waals surface area (Å²) in [5, 5.41) is 3.85. The molecule has 0 radical (unpaired) electrons. The van der Waals surface area contributed by atoms with Gasteiger partial charge < -0.3 is 0 Å². The smallest absolute Gasteiger partial charge is 0.180 e. The van der Waals surface area contributed by atoms with Crippen molar-refractivity contribution in [1.29, 1.82) is 0 Å². The van der Waals surface area contributed by atoms with Gasteiger partial charge in [0.25, 0.3) is 0 Å². The Kier molecular flexibility index (Phi) is 2.93. The number of rotatable bonds is 3. The topological polar surface area (TPSA) is 42.9 Å². The molecule has 0 unspecified atom stereocenters. The normalized spacial score (nSPS) is 10.5. The van der Waals surface area contributed by atoms with Gasteiger partial charge in [0.2, 0.25) is 0 Å². The van der Waals surface area contributed by atoms with Gasteiger partial charge in [-0.1, -0.05) is 0 Å². The van der Waals surface area contributed by atoms with Gasteiger partial charge in [-0.05, 0) is 13.8 Å². The van der Waals surface area contributed by atoms with Crippen LogP contribution in [0.1, 0.15) is 25.4 Å². The van der Waals surface area contributed by atoms with Crippen molar-refractivity contribution in [3.8, 4) is 0 Å². The Morgan fingerprint density at radius 3 is 2.73 bits per heavy atom. The minimum atomic E-state index is 0.103. The molecule has 5 heteroatoms. The van der Waals surface area contributed by atoms with Crippen molar-refractivity contribution < 1.29 is 4.79 Å². The van der Waals surface area contributed by atoms with Crippen LogP contribution in [-0.4, -0.2) is 15.8 Å². The number of hydrogen-bond acceptors (Lipinski definition) is 5. The van der Waals surface area contributed by atoms with Crippen molar-refractivity contribution in [2.24, 2.45) is 0 Å². The zero-order valence-corrected chi connectivity index (χ0v) is 10.1. The highest BCUT2D eigenvalue weighted by atomic mass is 32.1. The van der Waals surface area contributed by atoms with E-state index in [0.29, 0.717) is 6.42 Å². The van der Waals surface area contributed by atoms with Crippen LogP contribution >= 0.6 is 22.7 Å². The second-order valence-corrected chi connectivity index (χ2v) is 5.50. The van der Waals surface area contributed by atoms with Crippen LogP contribution in [0.3, 0.4) is 0 Å². The van der Waals surface area contributed by atoms with Gasteiger partial charge in [-0.3, -0.25) is 4.79 Å². The van der Waals surface area contributed by atoms with Crippen LogP contribution in [0.25, 0.3) is 0 Å². The molecule has 0 aliphatic heterocycles. The highest BCUT2D eigenvalue weighted by Crippen LogP contribution is 2.16. The van der Waals surface area contributed by atoms with Crippen LogP contribution in [0, 0.1) is 13.8 Å². The molecule has 0 saturated carbocycles. The van der Waals surface area contributed by atoms with E-state index < -0.39 is 0 Å². The van der Waals surface area contributed by atoms with Crippen LogP contribution in [0.5, 0.6) is 0 Å². The van der Waals surface area contributed by atoms with E-state index >= 15 is 0 Å². The van der Waals surface area contributed by atoms with E-state index in [4.69, 9.17) is 0 Å². The molecule has 0 saturated heterocycles. The molecule has 0 fully saturated rings. The fourth-order valence-electron chi connectivity index (χ4n) is 1.23. The summed E-state index contributed by atoms with van der Waals surface area (Å²) in [5.41, 5.74) is 0.855. The number of aromatic nitrogens is 2. The quantitative estimate of drug-likeness (QED) is 0.772. The molecular weight excluding hydrogens is 228 g/mol. The summed E-state index contributed by atoms with van der Waals surface area (Å²) in [5.74, 6) is 0.103. The molecule has 0 aliphatic rings. The Morgan fingerprint density at radius 2 is 2.20 bits per heavy atom. The Labute approximate surface area is 95.8 Å². The predicted molar refractivity (Wildman–Crippen MR) is 61.7 cm³/mol. The Morgan fingerprint density at radius 1 is 1.40 bits per heavy atom. The molecule has 2 heterocycles. The van der Waals surface area contributed by atoms with E-state index in [2.05, 4.69) is 9.97 Å². The van der Waals surface area contributed by atoms with E-state index in [9.17, 15) is 4.79 Å². The van der Waals surface area contributed by atoms with E-state index in [1.54, 1.807) is 17.5 Å². The predicted octanol–water partition coefficient (Wildman–Crippen LogP) is 2.64. The molecule has 2 aromatic rings. The van der Waals surface area contributed by atoms with E-state index in [1.807, 2.05) is 19.2 Å². The number of carbonyl (C=O) groups excluding carboxylic acids is 1. The van der Waals surface area contributed by atoms with Gasteiger partial charge in [-0.2, -0.15) is 0 Å². The van der Waals surface area contributed by atoms with Gasteiger partial charge in [-0.25, -0.2) is 9.97 Å². The fourth-order valence-corrected chi connectivity index (χ4v) is 2.56. The molecule has 0 atom stereocenters. The Bertz CT molecular complexity index is 487. The SMILES string of the molecule is Cc1nc(CC(=O)c2cnc(C)s2)cs1. The monoisotopic (exact) mass is 238 g/mol. The molecule has 78 valence electrons. The van der Waals surface area contributed by atoms with Crippen LogP contribution in [0.15, 0.2) is 11.6 Å². The van der Waals surface area contributed by atoms with E-state index in [-0.39, 0.29) is 5.78 Å². The highest BCUT2D eigenvalue weighted by Gasteiger charge is 2.11. The molecule has 2 rings (SSSR count). The second kappa shape index (κ2) is 4.20. The van der Waals surface area contributed by atoms with Gasteiger partial charge in [0.1, 0.15) is 0 Å². The zero-order chi connectivity index (χ0) is 10.8. The summed E-state index contributed by atoms with van der Waals surface area (Å²) in [7, 11) is 0. The lowest BCUT2D eigenvalue weighted by Crippen LogP contribution is -2.01. The van der Waals surface area contributed by atoms with Crippen LogP contribution in [0.2, 0.25) is 0 Å². The summed E-state index contributed by atoms with van der Waals surface area (Å²) >= 11 is 3.01. The molecule has 0 N–H and O–H groups in total. The molecule has 0 aliphatic carbocycles. The fraction of sp³-hybridized carbons (Fsp3) is 0.300. The molecule has 0 bridgehead atoms. The summed E-state index contributed by atoms with van der Waals surface area (Å²) in [6, 6.07) is 0. The summed E-state index contributed by atoms with van der Waals surface area (Å²) in [6.07, 6.45) is 2.02. The number of carbonyl (C=O) groups is 1. The first kappa shape index (κ1) is 10.4. The Hall–Kier alpha value is -1.07. The first-order chi connectivity index (χ1) is 7.15. The molecule has 15 heavy (non-hydrogen) atoms. The van der Waals surface area contributed by atoms with Crippen molar-refractivity contribution in [1.82, 2.24) is 9.97 Å². The lowest BCUT2D eigenvalue weighted by Gasteiger charge is -1.92. The number of thiazole rings is 2. The van der Waals surface area contributed by atoms with Gasteiger partial charge in [-0.15, -0.1) is 22.7 Å². The van der Waals surface area contributed by atoms with Gasteiger partial charge in [0.05, 0.1) is 27.0 Å². The number of nitrogens with zero attached hydrogens (tertiary/aromatic N) is 2. The van der Waals surface area contributed by atoms with Crippen molar-refractivity contribution in [2.75, 3.05) is 0 Å². The lowest BCUT2D eigenvalue weighted by atomic mass is 10.2.